The van der Waals surface area contributed by atoms with E-state index in [-0.39, 0.29) is 19.0 Å². The van der Waals surface area contributed by atoms with E-state index in [1.165, 1.54) is 12.1 Å². The van der Waals surface area contributed by atoms with Crippen LogP contribution in [0, 0.1) is 12.7 Å². The quantitative estimate of drug-likeness (QED) is 0.704. The summed E-state index contributed by atoms with van der Waals surface area (Å²) in [4.78, 5) is 23.7. The van der Waals surface area contributed by atoms with E-state index in [2.05, 4.69) is 16.0 Å². The minimum atomic E-state index is -0.465. The number of anilines is 1. The van der Waals surface area contributed by atoms with Crippen molar-refractivity contribution in [1.29, 1.82) is 0 Å². The van der Waals surface area contributed by atoms with E-state index in [0.29, 0.717) is 17.0 Å². The normalized spacial score (nSPS) is 10.0. The van der Waals surface area contributed by atoms with E-state index in [1.54, 1.807) is 44.4 Å². The Morgan fingerprint density at radius 1 is 1.04 bits per heavy atom. The number of hydrogen-bond acceptors (Lipinski definition) is 3. The Labute approximate surface area is 145 Å². The lowest BCUT2D eigenvalue weighted by Crippen LogP contribution is -2.36. The Bertz CT molecular complexity index is 748. The van der Waals surface area contributed by atoms with Crippen molar-refractivity contribution in [2.75, 3.05) is 25.5 Å². The Kier molecular flexibility index (Phi) is 6.33. The molecule has 6 nitrogen and oxygen atoms in total. The van der Waals surface area contributed by atoms with Crippen LogP contribution in [-0.4, -0.2) is 32.1 Å². The number of aryl methyl sites for hydroxylation is 1. The van der Waals surface area contributed by atoms with Gasteiger partial charge in [0, 0.05) is 24.3 Å². The SMILES string of the molecule is COc1ccc(C(=O)NCCNC(=O)Nc2cc(F)ccc2C)cc1. The monoisotopic (exact) mass is 345 g/mol. The number of amides is 3. The molecule has 0 aromatic heterocycles. The zero-order valence-electron chi connectivity index (χ0n) is 14.1. The lowest BCUT2D eigenvalue weighted by atomic mass is 10.2. The smallest absolute Gasteiger partial charge is 0.319 e. The zero-order chi connectivity index (χ0) is 18.2. The molecule has 0 atom stereocenters. The fourth-order valence-electron chi connectivity index (χ4n) is 2.09. The third kappa shape index (κ3) is 5.49. The predicted octanol–water partition coefficient (Wildman–Crippen LogP) is 2.69. The molecular formula is C18H20FN3O3. The molecule has 7 heteroatoms. The Hall–Kier alpha value is -3.09. The minimum Gasteiger partial charge on any atom is -0.497 e. The van der Waals surface area contributed by atoms with E-state index >= 15 is 0 Å². The van der Waals surface area contributed by atoms with Crippen molar-refractivity contribution < 1.29 is 18.7 Å². The number of urea groups is 1. The first-order valence-electron chi connectivity index (χ1n) is 7.73. The van der Waals surface area contributed by atoms with Gasteiger partial charge in [0.05, 0.1) is 7.11 Å². The molecule has 0 radical (unpaired) electrons. The summed E-state index contributed by atoms with van der Waals surface area (Å²) < 4.78 is 18.2. The Morgan fingerprint density at radius 2 is 1.72 bits per heavy atom. The van der Waals surface area contributed by atoms with E-state index in [1.807, 2.05) is 0 Å². The van der Waals surface area contributed by atoms with Crippen LogP contribution in [0.1, 0.15) is 15.9 Å². The van der Waals surface area contributed by atoms with Crippen LogP contribution in [0.5, 0.6) is 5.75 Å². The van der Waals surface area contributed by atoms with Crippen LogP contribution < -0.4 is 20.7 Å². The molecule has 0 aliphatic rings. The van der Waals surface area contributed by atoms with Crippen molar-refractivity contribution in [3.63, 3.8) is 0 Å². The highest BCUT2D eigenvalue weighted by Crippen LogP contribution is 2.15. The fraction of sp³-hybridized carbons (Fsp3) is 0.222. The third-order valence-corrected chi connectivity index (χ3v) is 3.50. The van der Waals surface area contributed by atoms with Crippen molar-refractivity contribution in [2.45, 2.75) is 6.92 Å². The second-order valence-electron chi connectivity index (χ2n) is 5.32. The Balaban J connectivity index is 1.73. The van der Waals surface area contributed by atoms with Gasteiger partial charge in [0.15, 0.2) is 0 Å². The number of halogens is 1. The van der Waals surface area contributed by atoms with Gasteiger partial charge in [-0.05, 0) is 48.9 Å². The van der Waals surface area contributed by atoms with Gasteiger partial charge in [-0.25, -0.2) is 9.18 Å². The van der Waals surface area contributed by atoms with Crippen molar-refractivity contribution in [3.8, 4) is 5.75 Å². The maximum absolute atomic E-state index is 13.2. The van der Waals surface area contributed by atoms with Gasteiger partial charge < -0.3 is 20.7 Å². The van der Waals surface area contributed by atoms with Crippen LogP contribution in [0.2, 0.25) is 0 Å². The van der Waals surface area contributed by atoms with Crippen LogP contribution in [0.3, 0.4) is 0 Å². The number of hydrogen-bond donors (Lipinski definition) is 3. The number of carbonyl (C=O) groups is 2. The van der Waals surface area contributed by atoms with Gasteiger partial charge in [0.25, 0.3) is 5.91 Å². The van der Waals surface area contributed by atoms with Crippen LogP contribution in [0.4, 0.5) is 14.9 Å². The molecule has 132 valence electrons. The molecule has 0 unspecified atom stereocenters. The molecule has 0 aliphatic heterocycles. The van der Waals surface area contributed by atoms with Crippen molar-refractivity contribution >= 4 is 17.6 Å². The lowest BCUT2D eigenvalue weighted by molar-refractivity contribution is 0.0954. The van der Waals surface area contributed by atoms with Gasteiger partial charge in [0.1, 0.15) is 11.6 Å². The number of benzene rings is 2. The number of ether oxygens (including phenoxy) is 1. The standard InChI is InChI=1S/C18H20FN3O3/c1-12-3-6-14(19)11-16(12)22-18(24)21-10-9-20-17(23)13-4-7-15(25-2)8-5-13/h3-8,11H,9-10H2,1-2H3,(H,20,23)(H2,21,22,24). The van der Waals surface area contributed by atoms with Gasteiger partial charge in [-0.3, -0.25) is 4.79 Å². The van der Waals surface area contributed by atoms with Crippen LogP contribution in [-0.2, 0) is 0 Å². The van der Waals surface area contributed by atoms with E-state index in [4.69, 9.17) is 4.74 Å². The molecule has 0 saturated heterocycles. The molecule has 0 aliphatic carbocycles. The van der Waals surface area contributed by atoms with E-state index < -0.39 is 11.8 Å². The van der Waals surface area contributed by atoms with Crippen molar-refractivity contribution in [1.82, 2.24) is 10.6 Å². The predicted molar refractivity (Wildman–Crippen MR) is 93.5 cm³/mol. The van der Waals surface area contributed by atoms with Gasteiger partial charge >= 0.3 is 6.03 Å². The molecular weight excluding hydrogens is 325 g/mol. The van der Waals surface area contributed by atoms with Crippen LogP contribution in [0.25, 0.3) is 0 Å². The van der Waals surface area contributed by atoms with Gasteiger partial charge in [-0.15, -0.1) is 0 Å². The van der Waals surface area contributed by atoms with Crippen molar-refractivity contribution in [2.24, 2.45) is 0 Å². The molecule has 0 spiro atoms. The van der Waals surface area contributed by atoms with Crippen LogP contribution >= 0.6 is 0 Å². The fourth-order valence-corrected chi connectivity index (χ4v) is 2.09. The van der Waals surface area contributed by atoms with Gasteiger partial charge in [-0.2, -0.15) is 0 Å². The summed E-state index contributed by atoms with van der Waals surface area (Å²) in [5, 5.41) is 7.86. The highest BCUT2D eigenvalue weighted by atomic mass is 19.1. The molecule has 25 heavy (non-hydrogen) atoms. The second-order valence-corrected chi connectivity index (χ2v) is 5.32. The molecule has 2 aromatic rings. The van der Waals surface area contributed by atoms with E-state index in [9.17, 15) is 14.0 Å². The topological polar surface area (TPSA) is 79.5 Å². The summed E-state index contributed by atoms with van der Waals surface area (Å²) in [6.45, 7) is 2.27. The summed E-state index contributed by atoms with van der Waals surface area (Å²) >= 11 is 0. The largest absolute Gasteiger partial charge is 0.497 e. The average molecular weight is 345 g/mol. The number of methoxy groups -OCH3 is 1. The second kappa shape index (κ2) is 8.68. The van der Waals surface area contributed by atoms with E-state index in [0.717, 1.165) is 5.56 Å². The first-order chi connectivity index (χ1) is 12.0. The molecule has 2 rings (SSSR count). The highest BCUT2D eigenvalue weighted by molar-refractivity contribution is 5.94. The lowest BCUT2D eigenvalue weighted by Gasteiger charge is -2.10. The molecule has 0 bridgehead atoms. The summed E-state index contributed by atoms with van der Waals surface area (Å²) in [5.41, 5.74) is 1.66. The molecule has 0 saturated carbocycles. The summed E-state index contributed by atoms with van der Waals surface area (Å²) in [5.74, 6) is 0.000945. The molecule has 0 fully saturated rings. The maximum Gasteiger partial charge on any atom is 0.319 e. The Morgan fingerprint density at radius 3 is 2.40 bits per heavy atom. The minimum absolute atomic E-state index is 0.238. The summed E-state index contributed by atoms with van der Waals surface area (Å²) in [6, 6.07) is 10.4. The van der Waals surface area contributed by atoms with Gasteiger partial charge in [-0.1, -0.05) is 6.07 Å². The van der Waals surface area contributed by atoms with Crippen molar-refractivity contribution in [3.05, 3.63) is 59.4 Å². The maximum atomic E-state index is 13.2. The van der Waals surface area contributed by atoms with Crippen LogP contribution in [0.15, 0.2) is 42.5 Å². The molecule has 0 heterocycles. The third-order valence-electron chi connectivity index (χ3n) is 3.50. The number of rotatable bonds is 6. The molecule has 2 aromatic carbocycles. The number of carbonyl (C=O) groups excluding carboxylic acids is 2. The molecule has 3 N–H and O–H groups in total. The summed E-state index contributed by atoms with van der Waals surface area (Å²) in [7, 11) is 1.55. The zero-order valence-corrected chi connectivity index (χ0v) is 14.1. The van der Waals surface area contributed by atoms with Gasteiger partial charge in [0.2, 0.25) is 0 Å². The average Bonchev–Trinajstić information content (AvgIpc) is 2.61. The summed E-state index contributed by atoms with van der Waals surface area (Å²) in [6.07, 6.45) is 0. The first kappa shape index (κ1) is 18.3. The number of nitrogens with one attached hydrogen (secondary N) is 3. The molecule has 3 amide bonds. The first-order valence-corrected chi connectivity index (χ1v) is 7.73. The highest BCUT2D eigenvalue weighted by Gasteiger charge is 2.07.